The summed E-state index contributed by atoms with van der Waals surface area (Å²) < 4.78 is 0. The Labute approximate surface area is 104 Å². The van der Waals surface area contributed by atoms with Crippen molar-refractivity contribution in [1.29, 1.82) is 0 Å². The zero-order valence-corrected chi connectivity index (χ0v) is 11.6. The molecule has 0 fully saturated rings. The first kappa shape index (κ1) is 13.9. The molecule has 96 valence electrons. The number of anilines is 1. The Morgan fingerprint density at radius 2 is 2.12 bits per heavy atom. The van der Waals surface area contributed by atoms with Crippen LogP contribution in [0.2, 0.25) is 0 Å². The maximum Gasteiger partial charge on any atom is 0.147 e. The Bertz CT molecular complexity index is 351. The number of nitrogens with zero attached hydrogens (tertiary/aromatic N) is 3. The van der Waals surface area contributed by atoms with E-state index in [1.54, 1.807) is 6.20 Å². The molecular formula is C13H24N4. The second-order valence-electron chi connectivity index (χ2n) is 4.61. The van der Waals surface area contributed by atoms with Crippen LogP contribution in [0, 0.1) is 13.8 Å². The van der Waals surface area contributed by atoms with Crippen LogP contribution in [0.3, 0.4) is 0 Å². The van der Waals surface area contributed by atoms with Gasteiger partial charge in [0, 0.05) is 25.3 Å². The number of hydrogen-bond donors (Lipinski definition) is 1. The van der Waals surface area contributed by atoms with Gasteiger partial charge in [-0.3, -0.25) is 4.98 Å². The molecule has 4 heteroatoms. The van der Waals surface area contributed by atoms with Gasteiger partial charge in [-0.05, 0) is 34.2 Å². The molecule has 0 aliphatic carbocycles. The van der Waals surface area contributed by atoms with Crippen LogP contribution in [0.15, 0.2) is 6.20 Å². The smallest absolute Gasteiger partial charge is 0.147 e. The van der Waals surface area contributed by atoms with Gasteiger partial charge < -0.3 is 10.2 Å². The van der Waals surface area contributed by atoms with Crippen molar-refractivity contribution in [3.63, 3.8) is 0 Å². The maximum atomic E-state index is 4.44. The van der Waals surface area contributed by atoms with E-state index in [-0.39, 0.29) is 0 Å². The number of hydrogen-bond acceptors (Lipinski definition) is 4. The molecule has 0 spiro atoms. The molecule has 1 heterocycles. The maximum absolute atomic E-state index is 4.44. The molecule has 17 heavy (non-hydrogen) atoms. The van der Waals surface area contributed by atoms with Gasteiger partial charge in [0.1, 0.15) is 5.82 Å². The molecule has 1 aromatic rings. The summed E-state index contributed by atoms with van der Waals surface area (Å²) >= 11 is 0. The lowest BCUT2D eigenvalue weighted by Gasteiger charge is -2.23. The fourth-order valence-electron chi connectivity index (χ4n) is 1.59. The van der Waals surface area contributed by atoms with Crippen molar-refractivity contribution < 1.29 is 0 Å². The van der Waals surface area contributed by atoms with Crippen LogP contribution in [-0.4, -0.2) is 41.0 Å². The Morgan fingerprint density at radius 1 is 1.41 bits per heavy atom. The van der Waals surface area contributed by atoms with Crippen LogP contribution in [-0.2, 0) is 0 Å². The summed E-state index contributed by atoms with van der Waals surface area (Å²) in [5, 5.41) is 3.35. The summed E-state index contributed by atoms with van der Waals surface area (Å²) in [6.45, 7) is 10.3. The Morgan fingerprint density at radius 3 is 2.76 bits per heavy atom. The second kappa shape index (κ2) is 6.55. The van der Waals surface area contributed by atoms with Crippen molar-refractivity contribution >= 4 is 5.82 Å². The Kier molecular flexibility index (Phi) is 5.35. The van der Waals surface area contributed by atoms with E-state index in [9.17, 15) is 0 Å². The Balaban J connectivity index is 2.43. The van der Waals surface area contributed by atoms with Crippen LogP contribution < -0.4 is 5.32 Å². The summed E-state index contributed by atoms with van der Waals surface area (Å²) in [5.74, 6) is 0.905. The van der Waals surface area contributed by atoms with Gasteiger partial charge in [-0.25, -0.2) is 4.98 Å². The van der Waals surface area contributed by atoms with E-state index in [0.717, 1.165) is 30.3 Å². The average Bonchev–Trinajstić information content (AvgIpc) is 2.32. The van der Waals surface area contributed by atoms with Gasteiger partial charge in [0.05, 0.1) is 11.4 Å². The first-order valence-corrected chi connectivity index (χ1v) is 6.29. The third-order valence-corrected chi connectivity index (χ3v) is 3.18. The second-order valence-corrected chi connectivity index (χ2v) is 4.61. The van der Waals surface area contributed by atoms with Gasteiger partial charge in [-0.1, -0.05) is 6.92 Å². The highest BCUT2D eigenvalue weighted by molar-refractivity contribution is 5.39. The monoisotopic (exact) mass is 236 g/mol. The third-order valence-electron chi connectivity index (χ3n) is 3.18. The fraction of sp³-hybridized carbons (Fsp3) is 0.692. The van der Waals surface area contributed by atoms with Crippen LogP contribution in [0.1, 0.15) is 31.7 Å². The van der Waals surface area contributed by atoms with Gasteiger partial charge in [0.15, 0.2) is 0 Å². The van der Waals surface area contributed by atoms with E-state index in [0.29, 0.717) is 6.04 Å². The molecule has 1 N–H and O–H groups in total. The summed E-state index contributed by atoms with van der Waals surface area (Å²) in [7, 11) is 2.16. The predicted octanol–water partition coefficient (Wildman–Crippen LogP) is 2.24. The zero-order chi connectivity index (χ0) is 12.8. The van der Waals surface area contributed by atoms with Gasteiger partial charge in [-0.15, -0.1) is 0 Å². The van der Waals surface area contributed by atoms with Crippen LogP contribution in [0.25, 0.3) is 0 Å². The van der Waals surface area contributed by atoms with E-state index in [4.69, 9.17) is 0 Å². The molecular weight excluding hydrogens is 212 g/mol. The first-order chi connectivity index (χ1) is 8.04. The standard InChI is InChI=1S/C13H24N4/c1-6-11(3)17(5)8-7-14-13-12(4)15-9-10(2)16-13/h9,11H,6-8H2,1-5H3,(H,14,16). The minimum Gasteiger partial charge on any atom is -0.367 e. The lowest BCUT2D eigenvalue weighted by Crippen LogP contribution is -2.32. The number of likely N-dealkylation sites (N-methyl/N-ethyl adjacent to an activating group) is 1. The lowest BCUT2D eigenvalue weighted by atomic mass is 10.2. The molecule has 0 amide bonds. The molecule has 0 saturated heterocycles. The fourth-order valence-corrected chi connectivity index (χ4v) is 1.59. The van der Waals surface area contributed by atoms with Crippen molar-refractivity contribution in [2.45, 2.75) is 40.2 Å². The minimum atomic E-state index is 0.626. The first-order valence-electron chi connectivity index (χ1n) is 6.29. The molecule has 1 unspecified atom stereocenters. The summed E-state index contributed by atoms with van der Waals surface area (Å²) in [4.78, 5) is 11.1. The minimum absolute atomic E-state index is 0.626. The molecule has 4 nitrogen and oxygen atoms in total. The topological polar surface area (TPSA) is 41.0 Å². The summed E-state index contributed by atoms with van der Waals surface area (Å²) in [6, 6.07) is 0.626. The van der Waals surface area contributed by atoms with E-state index in [2.05, 4.69) is 41.1 Å². The van der Waals surface area contributed by atoms with Crippen molar-refractivity contribution in [1.82, 2.24) is 14.9 Å². The number of aromatic nitrogens is 2. The largest absolute Gasteiger partial charge is 0.367 e. The Hall–Kier alpha value is -1.16. The molecule has 0 radical (unpaired) electrons. The molecule has 1 aromatic heterocycles. The number of aryl methyl sites for hydroxylation is 2. The highest BCUT2D eigenvalue weighted by atomic mass is 15.1. The molecule has 1 rings (SSSR count). The van der Waals surface area contributed by atoms with Crippen molar-refractivity contribution in [2.24, 2.45) is 0 Å². The van der Waals surface area contributed by atoms with E-state index < -0.39 is 0 Å². The van der Waals surface area contributed by atoms with Crippen molar-refractivity contribution in [3.05, 3.63) is 17.6 Å². The van der Waals surface area contributed by atoms with E-state index in [1.165, 1.54) is 6.42 Å². The molecule has 0 aliphatic rings. The molecule has 0 aliphatic heterocycles. The number of nitrogens with one attached hydrogen (secondary N) is 1. The zero-order valence-electron chi connectivity index (χ0n) is 11.6. The van der Waals surface area contributed by atoms with Gasteiger partial charge >= 0.3 is 0 Å². The van der Waals surface area contributed by atoms with E-state index >= 15 is 0 Å². The van der Waals surface area contributed by atoms with Gasteiger partial charge in [0.2, 0.25) is 0 Å². The summed E-state index contributed by atoms with van der Waals surface area (Å²) in [5.41, 5.74) is 1.91. The lowest BCUT2D eigenvalue weighted by molar-refractivity contribution is 0.261. The van der Waals surface area contributed by atoms with Crippen molar-refractivity contribution in [2.75, 3.05) is 25.5 Å². The molecule has 0 aromatic carbocycles. The quantitative estimate of drug-likeness (QED) is 0.822. The highest BCUT2D eigenvalue weighted by Crippen LogP contribution is 2.08. The van der Waals surface area contributed by atoms with Gasteiger partial charge in [-0.2, -0.15) is 0 Å². The predicted molar refractivity (Wildman–Crippen MR) is 72.4 cm³/mol. The third kappa shape index (κ3) is 4.30. The molecule has 1 atom stereocenters. The molecule has 0 saturated carbocycles. The number of rotatable bonds is 6. The SMILES string of the molecule is CCC(C)N(C)CCNc1nc(C)cnc1C. The van der Waals surface area contributed by atoms with E-state index in [1.807, 2.05) is 13.8 Å². The molecule has 0 bridgehead atoms. The average molecular weight is 236 g/mol. The highest BCUT2D eigenvalue weighted by Gasteiger charge is 2.06. The summed E-state index contributed by atoms with van der Waals surface area (Å²) in [6.07, 6.45) is 2.98. The normalized spacial score (nSPS) is 12.8. The van der Waals surface area contributed by atoms with Crippen LogP contribution in [0.5, 0.6) is 0 Å². The van der Waals surface area contributed by atoms with Crippen LogP contribution in [0.4, 0.5) is 5.82 Å². The van der Waals surface area contributed by atoms with Crippen LogP contribution >= 0.6 is 0 Å². The van der Waals surface area contributed by atoms with Gasteiger partial charge in [0.25, 0.3) is 0 Å². The van der Waals surface area contributed by atoms with Crippen molar-refractivity contribution in [3.8, 4) is 0 Å².